The molecule has 33 heavy (non-hydrogen) atoms. The molecule has 0 bridgehead atoms. The minimum absolute atomic E-state index is 0.174. The number of hydrogen-bond donors (Lipinski definition) is 2. The predicted octanol–water partition coefficient (Wildman–Crippen LogP) is 4.66. The lowest BCUT2D eigenvalue weighted by Crippen LogP contribution is -2.31. The second-order valence-corrected chi connectivity index (χ2v) is 8.02. The van der Waals surface area contributed by atoms with Crippen LogP contribution in [0.2, 0.25) is 0 Å². The van der Waals surface area contributed by atoms with Gasteiger partial charge < -0.3 is 5.11 Å². The van der Waals surface area contributed by atoms with Gasteiger partial charge in [-0.1, -0.05) is 61.9 Å². The highest BCUT2D eigenvalue weighted by Crippen LogP contribution is 2.29. The molecular formula is C25H26FN5O2. The van der Waals surface area contributed by atoms with Crippen molar-refractivity contribution in [3.63, 3.8) is 0 Å². The van der Waals surface area contributed by atoms with Crippen LogP contribution >= 0.6 is 0 Å². The van der Waals surface area contributed by atoms with Gasteiger partial charge in [-0.3, -0.25) is 10.1 Å². The molecule has 2 unspecified atom stereocenters. The highest BCUT2D eigenvalue weighted by atomic mass is 19.1. The number of aromatic nitrogens is 4. The minimum Gasteiger partial charge on any atom is -0.481 e. The Morgan fingerprint density at radius 3 is 2.52 bits per heavy atom. The van der Waals surface area contributed by atoms with Crippen molar-refractivity contribution in [1.29, 1.82) is 0 Å². The van der Waals surface area contributed by atoms with E-state index >= 15 is 0 Å². The summed E-state index contributed by atoms with van der Waals surface area (Å²) in [6.07, 6.45) is 1.73. The van der Waals surface area contributed by atoms with E-state index in [-0.39, 0.29) is 12.2 Å². The molecule has 170 valence electrons. The summed E-state index contributed by atoms with van der Waals surface area (Å²) in [4.78, 5) is 11.7. The molecule has 7 nitrogen and oxygen atoms in total. The number of carbonyl (C=O) groups is 1. The largest absolute Gasteiger partial charge is 0.481 e. The molecule has 0 saturated carbocycles. The van der Waals surface area contributed by atoms with Crippen LogP contribution in [0, 0.1) is 5.82 Å². The van der Waals surface area contributed by atoms with Crippen LogP contribution in [0.15, 0.2) is 66.7 Å². The topological polar surface area (TPSA) is 92.9 Å². The first-order chi connectivity index (χ1) is 16.0. The first-order valence-electron chi connectivity index (χ1n) is 11.0. The van der Waals surface area contributed by atoms with Crippen molar-refractivity contribution < 1.29 is 14.3 Å². The van der Waals surface area contributed by atoms with Crippen LogP contribution in [-0.4, -0.2) is 31.3 Å². The molecule has 0 saturated heterocycles. The van der Waals surface area contributed by atoms with Gasteiger partial charge in [-0.15, -0.1) is 5.10 Å². The number of nitrogens with zero attached hydrogens (tertiary/aromatic N) is 4. The van der Waals surface area contributed by atoms with Crippen LogP contribution in [-0.2, 0) is 11.3 Å². The van der Waals surface area contributed by atoms with Crippen LogP contribution in [0.4, 0.5) is 4.39 Å². The number of aliphatic carboxylic acids is 1. The number of carboxylic acid groups (broad SMARTS) is 1. The average molecular weight is 448 g/mol. The molecule has 1 heterocycles. The van der Waals surface area contributed by atoms with Crippen LogP contribution in [0.1, 0.15) is 55.2 Å². The molecule has 0 aliphatic heterocycles. The van der Waals surface area contributed by atoms with Crippen molar-refractivity contribution in [2.24, 2.45) is 0 Å². The predicted molar refractivity (Wildman–Crippen MR) is 123 cm³/mol. The van der Waals surface area contributed by atoms with E-state index in [2.05, 4.69) is 33.8 Å². The van der Waals surface area contributed by atoms with Gasteiger partial charge in [0.25, 0.3) is 0 Å². The van der Waals surface area contributed by atoms with Gasteiger partial charge in [-0.2, -0.15) is 0 Å². The first kappa shape index (κ1) is 22.5. The molecule has 4 aromatic rings. The van der Waals surface area contributed by atoms with Gasteiger partial charge in [0.05, 0.1) is 12.5 Å². The summed E-state index contributed by atoms with van der Waals surface area (Å²) >= 11 is 0. The molecule has 0 fully saturated rings. The Morgan fingerprint density at radius 1 is 1.06 bits per heavy atom. The van der Waals surface area contributed by atoms with Crippen molar-refractivity contribution in [2.45, 2.75) is 44.8 Å². The molecule has 0 aliphatic carbocycles. The van der Waals surface area contributed by atoms with E-state index < -0.39 is 18.1 Å². The fourth-order valence-electron chi connectivity index (χ4n) is 3.94. The van der Waals surface area contributed by atoms with Gasteiger partial charge in [0, 0.05) is 12.6 Å². The lowest BCUT2D eigenvalue weighted by molar-refractivity contribution is -0.137. The van der Waals surface area contributed by atoms with Crippen LogP contribution < -0.4 is 5.32 Å². The number of halogens is 1. The van der Waals surface area contributed by atoms with Gasteiger partial charge in [0.2, 0.25) is 0 Å². The molecule has 0 amide bonds. The van der Waals surface area contributed by atoms with Crippen molar-refractivity contribution in [3.8, 4) is 0 Å². The Kier molecular flexibility index (Phi) is 7.04. The number of tetrazole rings is 1. The van der Waals surface area contributed by atoms with Gasteiger partial charge in [-0.05, 0) is 56.9 Å². The van der Waals surface area contributed by atoms with E-state index in [9.17, 15) is 14.3 Å². The van der Waals surface area contributed by atoms with E-state index in [1.807, 2.05) is 36.4 Å². The zero-order valence-electron chi connectivity index (χ0n) is 18.4. The Hall–Kier alpha value is -3.65. The molecule has 2 N–H and O–H groups in total. The summed E-state index contributed by atoms with van der Waals surface area (Å²) in [5, 5.41) is 27.5. The van der Waals surface area contributed by atoms with Gasteiger partial charge in [0.15, 0.2) is 5.82 Å². The summed E-state index contributed by atoms with van der Waals surface area (Å²) < 4.78 is 15.3. The van der Waals surface area contributed by atoms with Crippen LogP contribution in [0.5, 0.6) is 0 Å². The number of hydrogen-bond acceptors (Lipinski definition) is 5. The summed E-state index contributed by atoms with van der Waals surface area (Å²) in [7, 11) is 0. The maximum absolute atomic E-state index is 13.5. The highest BCUT2D eigenvalue weighted by Gasteiger charge is 2.27. The third kappa shape index (κ3) is 5.40. The second kappa shape index (κ2) is 10.3. The monoisotopic (exact) mass is 447 g/mol. The molecule has 0 spiro atoms. The average Bonchev–Trinajstić information content (AvgIpc) is 3.28. The molecule has 8 heteroatoms. The second-order valence-electron chi connectivity index (χ2n) is 8.02. The number of rotatable bonds is 10. The van der Waals surface area contributed by atoms with Crippen molar-refractivity contribution in [3.05, 3.63) is 89.5 Å². The fraction of sp³-hybridized carbons (Fsp3) is 0.280. The SMILES string of the molecule is CCCCn1nnnc1C(NC(CC(=O)O)c1ccc(F)cc1)c1ccc2ccccc2c1. The van der Waals surface area contributed by atoms with E-state index in [1.54, 1.807) is 16.8 Å². The molecule has 1 aromatic heterocycles. The number of carboxylic acids is 1. The molecule has 2 atom stereocenters. The first-order valence-corrected chi connectivity index (χ1v) is 11.0. The zero-order chi connectivity index (χ0) is 23.2. The molecule has 3 aromatic carbocycles. The lowest BCUT2D eigenvalue weighted by atomic mass is 9.97. The standard InChI is InChI=1S/C25H26FN5O2/c1-2-3-14-31-25(28-29-30-31)24(20-9-8-17-6-4-5-7-19(17)15-20)27-22(16-23(32)33)18-10-12-21(26)13-11-18/h4-13,15,22,24,27H,2-3,14,16H2,1H3,(H,32,33). The Balaban J connectivity index is 1.77. The summed E-state index contributed by atoms with van der Waals surface area (Å²) in [6, 6.07) is 19.0. The number of fused-ring (bicyclic) bond motifs is 1. The molecule has 4 rings (SSSR count). The van der Waals surface area contributed by atoms with Gasteiger partial charge in [-0.25, -0.2) is 9.07 Å². The third-order valence-corrected chi connectivity index (χ3v) is 5.67. The quantitative estimate of drug-likeness (QED) is 0.367. The molecule has 0 radical (unpaired) electrons. The highest BCUT2D eigenvalue weighted by molar-refractivity contribution is 5.83. The van der Waals surface area contributed by atoms with Crippen molar-refractivity contribution in [2.75, 3.05) is 0 Å². The summed E-state index contributed by atoms with van der Waals surface area (Å²) in [6.45, 7) is 2.76. The fourth-order valence-corrected chi connectivity index (χ4v) is 3.94. The van der Waals surface area contributed by atoms with Gasteiger partial charge >= 0.3 is 5.97 Å². The Morgan fingerprint density at radius 2 is 1.79 bits per heavy atom. The van der Waals surface area contributed by atoms with Crippen molar-refractivity contribution in [1.82, 2.24) is 25.5 Å². The lowest BCUT2D eigenvalue weighted by Gasteiger charge is -2.25. The number of unbranched alkanes of at least 4 members (excludes halogenated alkanes) is 1. The van der Waals surface area contributed by atoms with Gasteiger partial charge in [0.1, 0.15) is 5.82 Å². The Labute approximate surface area is 191 Å². The van der Waals surface area contributed by atoms with E-state index in [0.29, 0.717) is 17.9 Å². The Bertz CT molecular complexity index is 1220. The van der Waals surface area contributed by atoms with Crippen LogP contribution in [0.25, 0.3) is 10.8 Å². The maximum Gasteiger partial charge on any atom is 0.305 e. The molecule has 0 aliphatic rings. The minimum atomic E-state index is -0.959. The number of aryl methyl sites for hydroxylation is 1. The van der Waals surface area contributed by atoms with E-state index in [0.717, 1.165) is 29.2 Å². The maximum atomic E-state index is 13.5. The number of nitrogens with one attached hydrogen (secondary N) is 1. The number of benzene rings is 3. The smallest absolute Gasteiger partial charge is 0.305 e. The molecular weight excluding hydrogens is 421 g/mol. The summed E-state index contributed by atoms with van der Waals surface area (Å²) in [5.41, 5.74) is 1.59. The van der Waals surface area contributed by atoms with Crippen molar-refractivity contribution >= 4 is 16.7 Å². The zero-order valence-corrected chi connectivity index (χ0v) is 18.4. The third-order valence-electron chi connectivity index (χ3n) is 5.67. The van der Waals surface area contributed by atoms with E-state index in [1.165, 1.54) is 12.1 Å². The van der Waals surface area contributed by atoms with Crippen LogP contribution in [0.3, 0.4) is 0 Å². The summed E-state index contributed by atoms with van der Waals surface area (Å²) in [5.74, 6) is -0.724. The van der Waals surface area contributed by atoms with E-state index in [4.69, 9.17) is 0 Å². The normalized spacial score (nSPS) is 13.2.